The topological polar surface area (TPSA) is 74.6 Å². The molecule has 0 aliphatic carbocycles. The van der Waals surface area contributed by atoms with E-state index in [0.29, 0.717) is 24.8 Å². The second-order valence-electron chi connectivity index (χ2n) is 3.33. The third kappa shape index (κ3) is 6.08. The van der Waals surface area contributed by atoms with Gasteiger partial charge >= 0.3 is 0 Å². The Labute approximate surface area is 84.1 Å². The molecule has 0 spiro atoms. The number of allylic oxidation sites excluding steroid dienone is 1. The van der Waals surface area contributed by atoms with Crippen LogP contribution in [0.1, 0.15) is 26.2 Å². The normalized spacial score (nSPS) is 14.8. The molecule has 0 bridgehead atoms. The summed E-state index contributed by atoms with van der Waals surface area (Å²) >= 11 is 0. The molecule has 0 heterocycles. The van der Waals surface area contributed by atoms with Crippen LogP contribution in [0, 0.1) is 0 Å². The first-order valence-electron chi connectivity index (χ1n) is 4.49. The maximum Gasteiger partial charge on any atom is 0.225 e. The van der Waals surface area contributed by atoms with E-state index in [1.165, 1.54) is 6.92 Å². The molecule has 0 aromatic carbocycles. The Morgan fingerprint density at radius 1 is 1.43 bits per heavy atom. The Morgan fingerprint density at radius 2 is 2.00 bits per heavy atom. The summed E-state index contributed by atoms with van der Waals surface area (Å²) in [5, 5.41) is 8.51. The van der Waals surface area contributed by atoms with Crippen LogP contribution >= 0.6 is 7.37 Å². The summed E-state index contributed by atoms with van der Waals surface area (Å²) < 4.78 is 11.0. The standard InChI is InChI=1S/C9H17O4P/c1-8(9(2)11)5-3-4-6-14(12,13)7-10/h10H,1,3-7H2,2H3,(H,12,13). The molecule has 0 aromatic rings. The second kappa shape index (κ2) is 6.12. The van der Waals surface area contributed by atoms with Crippen molar-refractivity contribution < 1.29 is 19.4 Å². The van der Waals surface area contributed by atoms with Gasteiger partial charge in [0.25, 0.3) is 0 Å². The van der Waals surface area contributed by atoms with Gasteiger partial charge in [-0.05, 0) is 31.8 Å². The molecule has 0 amide bonds. The molecule has 5 heteroatoms. The largest absolute Gasteiger partial charge is 0.386 e. The lowest BCUT2D eigenvalue weighted by Crippen LogP contribution is -1.97. The summed E-state index contributed by atoms with van der Waals surface area (Å²) in [5.74, 6) is -0.0423. The van der Waals surface area contributed by atoms with Gasteiger partial charge in [0.15, 0.2) is 5.78 Å². The number of ketones is 1. The predicted octanol–water partition coefficient (Wildman–Crippen LogP) is 1.52. The van der Waals surface area contributed by atoms with Crippen LogP contribution in [-0.4, -0.2) is 28.3 Å². The summed E-state index contributed by atoms with van der Waals surface area (Å²) in [7, 11) is -3.32. The molecule has 0 saturated carbocycles. The zero-order valence-corrected chi connectivity index (χ0v) is 9.30. The van der Waals surface area contributed by atoms with Crippen LogP contribution in [0.3, 0.4) is 0 Å². The highest BCUT2D eigenvalue weighted by atomic mass is 31.2. The van der Waals surface area contributed by atoms with E-state index in [2.05, 4.69) is 6.58 Å². The number of rotatable bonds is 7. The van der Waals surface area contributed by atoms with Crippen LogP contribution in [0.25, 0.3) is 0 Å². The first-order chi connectivity index (χ1) is 6.39. The first kappa shape index (κ1) is 13.6. The molecule has 14 heavy (non-hydrogen) atoms. The summed E-state index contributed by atoms with van der Waals surface area (Å²) in [6, 6.07) is 0. The molecule has 82 valence electrons. The molecule has 0 fully saturated rings. The minimum atomic E-state index is -3.32. The molecule has 0 rings (SSSR count). The number of aliphatic hydroxyl groups is 1. The first-order valence-corrected chi connectivity index (χ1v) is 6.52. The van der Waals surface area contributed by atoms with Gasteiger partial charge < -0.3 is 10.00 Å². The van der Waals surface area contributed by atoms with Crippen LogP contribution < -0.4 is 0 Å². The Hall–Kier alpha value is -0.440. The molecule has 1 unspecified atom stereocenters. The number of hydrogen-bond acceptors (Lipinski definition) is 3. The molecule has 1 atom stereocenters. The highest BCUT2D eigenvalue weighted by molar-refractivity contribution is 7.57. The summed E-state index contributed by atoms with van der Waals surface area (Å²) in [4.78, 5) is 19.8. The summed E-state index contributed by atoms with van der Waals surface area (Å²) in [6.07, 6.45) is 1.18. The van der Waals surface area contributed by atoms with Gasteiger partial charge in [-0.15, -0.1) is 0 Å². The predicted molar refractivity (Wildman–Crippen MR) is 55.5 cm³/mol. The highest BCUT2D eigenvalue weighted by Crippen LogP contribution is 2.39. The van der Waals surface area contributed by atoms with Gasteiger partial charge in [0.05, 0.1) is 0 Å². The van der Waals surface area contributed by atoms with E-state index in [0.717, 1.165) is 0 Å². The number of carbonyl (C=O) groups is 1. The lowest BCUT2D eigenvalue weighted by Gasteiger charge is -2.07. The number of hydrogen-bond donors (Lipinski definition) is 2. The van der Waals surface area contributed by atoms with E-state index in [9.17, 15) is 9.36 Å². The average Bonchev–Trinajstić information content (AvgIpc) is 2.12. The molecule has 0 saturated heterocycles. The van der Waals surface area contributed by atoms with Gasteiger partial charge in [-0.3, -0.25) is 9.36 Å². The molecule has 0 aromatic heterocycles. The van der Waals surface area contributed by atoms with Crippen molar-refractivity contribution in [3.63, 3.8) is 0 Å². The van der Waals surface area contributed by atoms with E-state index < -0.39 is 13.7 Å². The lowest BCUT2D eigenvalue weighted by molar-refractivity contribution is -0.113. The van der Waals surface area contributed by atoms with Crippen LogP contribution in [0.5, 0.6) is 0 Å². The molecule has 0 aliphatic rings. The number of unbranched alkanes of at least 4 members (excludes halogenated alkanes) is 1. The van der Waals surface area contributed by atoms with Crippen LogP contribution in [-0.2, 0) is 9.36 Å². The van der Waals surface area contributed by atoms with Crippen molar-refractivity contribution in [3.05, 3.63) is 12.2 Å². The van der Waals surface area contributed by atoms with E-state index >= 15 is 0 Å². The second-order valence-corrected chi connectivity index (χ2v) is 5.75. The fourth-order valence-corrected chi connectivity index (χ4v) is 1.80. The smallest absolute Gasteiger partial charge is 0.225 e. The Morgan fingerprint density at radius 3 is 2.43 bits per heavy atom. The summed E-state index contributed by atoms with van der Waals surface area (Å²) in [6.45, 7) is 5.03. The van der Waals surface area contributed by atoms with Crippen molar-refractivity contribution >= 4 is 13.2 Å². The van der Waals surface area contributed by atoms with Crippen molar-refractivity contribution in [3.8, 4) is 0 Å². The quantitative estimate of drug-likeness (QED) is 0.387. The van der Waals surface area contributed by atoms with E-state index in [4.69, 9.17) is 10.00 Å². The van der Waals surface area contributed by atoms with Crippen molar-refractivity contribution in [1.82, 2.24) is 0 Å². The molecule has 4 nitrogen and oxygen atoms in total. The Balaban J connectivity index is 3.62. The van der Waals surface area contributed by atoms with Gasteiger partial charge in [0, 0.05) is 6.16 Å². The lowest BCUT2D eigenvalue weighted by atomic mass is 10.1. The third-order valence-electron chi connectivity index (χ3n) is 1.95. The van der Waals surface area contributed by atoms with Crippen molar-refractivity contribution in [1.29, 1.82) is 0 Å². The van der Waals surface area contributed by atoms with Gasteiger partial charge in [-0.1, -0.05) is 6.58 Å². The van der Waals surface area contributed by atoms with Gasteiger partial charge in [-0.2, -0.15) is 0 Å². The van der Waals surface area contributed by atoms with E-state index in [1.54, 1.807) is 0 Å². The van der Waals surface area contributed by atoms with Gasteiger partial charge in [0.2, 0.25) is 7.37 Å². The SMILES string of the molecule is C=C(CCCCP(=O)(O)CO)C(C)=O. The molecule has 0 radical (unpaired) electrons. The van der Waals surface area contributed by atoms with Crippen molar-refractivity contribution in [2.45, 2.75) is 26.2 Å². The number of aliphatic hydroxyl groups excluding tert-OH is 1. The van der Waals surface area contributed by atoms with Gasteiger partial charge in [0.1, 0.15) is 6.35 Å². The molecule has 0 aliphatic heterocycles. The zero-order valence-electron chi connectivity index (χ0n) is 8.40. The van der Waals surface area contributed by atoms with Crippen LogP contribution in [0.15, 0.2) is 12.2 Å². The van der Waals surface area contributed by atoms with E-state index in [1.807, 2.05) is 0 Å². The fourth-order valence-electron chi connectivity index (χ4n) is 0.944. The van der Waals surface area contributed by atoms with Crippen LogP contribution in [0.4, 0.5) is 0 Å². The minimum Gasteiger partial charge on any atom is -0.386 e. The van der Waals surface area contributed by atoms with Crippen molar-refractivity contribution in [2.75, 3.05) is 12.5 Å². The van der Waals surface area contributed by atoms with E-state index in [-0.39, 0.29) is 11.9 Å². The third-order valence-corrected chi connectivity index (χ3v) is 3.41. The Bertz CT molecular complexity index is 260. The number of Topliss-reactive ketones (excluding diaryl/α,β-unsaturated/α-hetero) is 1. The zero-order chi connectivity index (χ0) is 11.2. The molecule has 2 N–H and O–H groups in total. The maximum absolute atomic E-state index is 11.0. The minimum absolute atomic E-state index is 0.0423. The van der Waals surface area contributed by atoms with Crippen molar-refractivity contribution in [2.24, 2.45) is 0 Å². The Kier molecular flexibility index (Phi) is 5.93. The fraction of sp³-hybridized carbons (Fsp3) is 0.667. The molecular weight excluding hydrogens is 203 g/mol. The average molecular weight is 220 g/mol. The molecular formula is C9H17O4P. The number of carbonyl (C=O) groups excluding carboxylic acids is 1. The monoisotopic (exact) mass is 220 g/mol. The highest BCUT2D eigenvalue weighted by Gasteiger charge is 2.15. The van der Waals surface area contributed by atoms with Crippen LogP contribution in [0.2, 0.25) is 0 Å². The summed E-state index contributed by atoms with van der Waals surface area (Å²) in [5.41, 5.74) is 0.543. The maximum atomic E-state index is 11.0. The van der Waals surface area contributed by atoms with Gasteiger partial charge in [-0.25, -0.2) is 0 Å².